The monoisotopic (exact) mass is 411 g/mol. The summed E-state index contributed by atoms with van der Waals surface area (Å²) in [6.45, 7) is 9.90. The summed E-state index contributed by atoms with van der Waals surface area (Å²) in [6.07, 6.45) is 0. The number of carbonyl (C=O) groups is 1. The van der Waals surface area contributed by atoms with Crippen LogP contribution in [0.1, 0.15) is 33.3 Å². The lowest BCUT2D eigenvalue weighted by Crippen LogP contribution is -2.17. The number of ether oxygens (including phenoxy) is 1. The minimum atomic E-state index is -0.514. The van der Waals surface area contributed by atoms with E-state index in [0.29, 0.717) is 6.47 Å². The van der Waals surface area contributed by atoms with E-state index in [1.165, 1.54) is 29.8 Å². The minimum absolute atomic E-state index is 0.0159. The lowest BCUT2D eigenvalue weighted by atomic mass is 10.2. The van der Waals surface area contributed by atoms with Gasteiger partial charge < -0.3 is 14.4 Å². The molecule has 28 heavy (non-hydrogen) atoms. The van der Waals surface area contributed by atoms with Crippen molar-refractivity contribution in [1.82, 2.24) is 0 Å². The maximum Gasteiger partial charge on any atom is 0.293 e. The first kappa shape index (κ1) is 27.6. The zero-order chi connectivity index (χ0) is 22.0. The van der Waals surface area contributed by atoms with Gasteiger partial charge in [0.15, 0.2) is 0 Å². The average molecular weight is 412 g/mol. The van der Waals surface area contributed by atoms with Gasteiger partial charge in [0.05, 0.1) is 4.92 Å². The number of aromatic hydroxyl groups is 1. The number of phenols is 1. The zero-order valence-electron chi connectivity index (χ0n) is 16.9. The maximum atomic E-state index is 10.0. The lowest BCUT2D eigenvalue weighted by molar-refractivity contribution is -0.384. The fourth-order valence-electron chi connectivity index (χ4n) is 1.25. The first-order valence-electron chi connectivity index (χ1n) is 8.40. The average Bonchev–Trinajstić information content (AvgIpc) is 2.63. The number of rotatable bonds is 3. The third-order valence-electron chi connectivity index (χ3n) is 2.53. The molecule has 8 heteroatoms. The molecule has 0 aliphatic heterocycles. The van der Waals surface area contributed by atoms with Crippen molar-refractivity contribution in [2.24, 2.45) is 0 Å². The quantitative estimate of drug-likeness (QED) is 0.298. The van der Waals surface area contributed by atoms with Gasteiger partial charge in [-0.3, -0.25) is 14.9 Å². The highest BCUT2D eigenvalue weighted by Crippen LogP contribution is 2.15. The molecule has 7 nitrogen and oxygen atoms in total. The molecule has 0 aliphatic rings. The highest BCUT2D eigenvalue weighted by atomic mass is 32.2. The van der Waals surface area contributed by atoms with Crippen LogP contribution < -0.4 is 0 Å². The normalized spacial score (nSPS) is 9.21. The summed E-state index contributed by atoms with van der Waals surface area (Å²) >= 11 is 0.856. The Bertz CT molecular complexity index is 640. The Kier molecular flexibility index (Phi) is 16.4. The number of phenolic OH excluding ortho intramolecular Hbond substituents is 1. The van der Waals surface area contributed by atoms with Crippen molar-refractivity contribution in [3.8, 4) is 5.75 Å². The van der Waals surface area contributed by atoms with Gasteiger partial charge in [-0.15, -0.1) is 0 Å². The second kappa shape index (κ2) is 16.6. The molecule has 156 valence electrons. The molecule has 2 aromatic carbocycles. The van der Waals surface area contributed by atoms with Gasteiger partial charge in [-0.2, -0.15) is 0 Å². The van der Waals surface area contributed by atoms with Crippen molar-refractivity contribution in [2.75, 3.05) is 5.75 Å². The van der Waals surface area contributed by atoms with E-state index in [4.69, 9.17) is 9.66 Å². The summed E-state index contributed by atoms with van der Waals surface area (Å²) in [5.41, 5.74) is 0.988. The van der Waals surface area contributed by atoms with Crippen molar-refractivity contribution < 1.29 is 24.1 Å². The van der Waals surface area contributed by atoms with Crippen molar-refractivity contribution in [3.05, 3.63) is 70.3 Å². The standard InChI is InChI=1S/C7H8.C6H5NO3.C5H10O2.C2H6OS/c1-7-5-3-2-4-6-7;8-6-3-1-5(2-4-6)7(9)10;1-5(2,3)7-4-6;1-2-4-3/h2-6H,1H3;1-4,8H;4H,1-3H3;3H,2H2,1H3. The number of nitro groups is 1. The fraction of sp³-hybridized carbons (Fsp3) is 0.350. The third-order valence-corrected chi connectivity index (χ3v) is 2.79. The van der Waals surface area contributed by atoms with E-state index >= 15 is 0 Å². The number of carbonyl (C=O) groups excluding carboxylic acids is 1. The topological polar surface area (TPSA) is 110 Å². The summed E-state index contributed by atoms with van der Waals surface area (Å²) in [5.74, 6) is 0.825. The van der Waals surface area contributed by atoms with Crippen molar-refractivity contribution in [1.29, 1.82) is 0 Å². The van der Waals surface area contributed by atoms with Gasteiger partial charge >= 0.3 is 0 Å². The van der Waals surface area contributed by atoms with E-state index in [9.17, 15) is 14.9 Å². The highest BCUT2D eigenvalue weighted by molar-refractivity contribution is 7.93. The molecule has 0 fully saturated rings. The molecule has 2 rings (SSSR count). The second-order valence-corrected chi connectivity index (χ2v) is 7.01. The Labute approximate surface area is 170 Å². The van der Waals surface area contributed by atoms with E-state index in [-0.39, 0.29) is 17.0 Å². The van der Waals surface area contributed by atoms with Crippen LogP contribution in [-0.2, 0) is 9.53 Å². The number of hydrogen-bond acceptors (Lipinski definition) is 7. The second-order valence-electron chi connectivity index (χ2n) is 6.17. The molecule has 0 amide bonds. The molecule has 0 unspecified atom stereocenters. The van der Waals surface area contributed by atoms with E-state index in [1.54, 1.807) is 0 Å². The van der Waals surface area contributed by atoms with Crippen LogP contribution in [0.3, 0.4) is 0 Å². The predicted octanol–water partition coefficient (Wildman–Crippen LogP) is 5.47. The van der Waals surface area contributed by atoms with Gasteiger partial charge in [0.2, 0.25) is 0 Å². The van der Waals surface area contributed by atoms with Gasteiger partial charge in [0.1, 0.15) is 11.4 Å². The Morgan fingerprint density at radius 2 is 1.57 bits per heavy atom. The molecule has 0 saturated heterocycles. The SMILES string of the molecule is CC(C)(C)OC=O.CCSO.Cc1ccccc1.O=[N+]([O-])c1ccc(O)cc1. The minimum Gasteiger partial charge on any atom is -0.508 e. The van der Waals surface area contributed by atoms with Gasteiger partial charge in [-0.05, 0) is 51.9 Å². The predicted molar refractivity (Wildman–Crippen MR) is 114 cm³/mol. The summed E-state index contributed by atoms with van der Waals surface area (Å²) < 4.78 is 12.3. The summed E-state index contributed by atoms with van der Waals surface area (Å²) in [7, 11) is 0. The lowest BCUT2D eigenvalue weighted by Gasteiger charge is -2.14. The van der Waals surface area contributed by atoms with Crippen molar-refractivity contribution in [3.63, 3.8) is 0 Å². The van der Waals surface area contributed by atoms with E-state index < -0.39 is 4.92 Å². The molecule has 0 atom stereocenters. The number of nitrogens with zero attached hydrogens (tertiary/aromatic N) is 1. The Morgan fingerprint density at radius 1 is 1.11 bits per heavy atom. The summed E-state index contributed by atoms with van der Waals surface area (Å²) in [6, 6.07) is 15.3. The molecule has 0 aliphatic carbocycles. The maximum absolute atomic E-state index is 10.0. The molecule has 0 bridgehead atoms. The van der Waals surface area contributed by atoms with Crippen molar-refractivity contribution in [2.45, 2.75) is 40.2 Å². The van der Waals surface area contributed by atoms with Gasteiger partial charge in [-0.1, -0.05) is 42.8 Å². The molecule has 0 spiro atoms. The van der Waals surface area contributed by atoms with Crippen molar-refractivity contribution >= 4 is 24.2 Å². The van der Waals surface area contributed by atoms with Gasteiger partial charge in [-0.25, -0.2) is 0 Å². The third kappa shape index (κ3) is 19.7. The van der Waals surface area contributed by atoms with Crippen LogP contribution in [0.15, 0.2) is 54.6 Å². The number of non-ortho nitro benzene ring substituents is 1. The van der Waals surface area contributed by atoms with E-state index in [1.807, 2.05) is 45.9 Å². The van der Waals surface area contributed by atoms with Gasteiger partial charge in [0, 0.05) is 17.9 Å². The van der Waals surface area contributed by atoms with Crippen LogP contribution in [0, 0.1) is 17.0 Å². The molecule has 0 heterocycles. The van der Waals surface area contributed by atoms with E-state index in [2.05, 4.69) is 23.8 Å². The summed E-state index contributed by atoms with van der Waals surface area (Å²) in [4.78, 5) is 19.1. The first-order valence-corrected chi connectivity index (χ1v) is 9.34. The number of aryl methyl sites for hydroxylation is 1. The molecular weight excluding hydrogens is 382 g/mol. The Morgan fingerprint density at radius 3 is 1.79 bits per heavy atom. The van der Waals surface area contributed by atoms with Crippen LogP contribution in [0.5, 0.6) is 5.75 Å². The van der Waals surface area contributed by atoms with Crippen LogP contribution in [0.4, 0.5) is 5.69 Å². The molecule has 0 aromatic heterocycles. The van der Waals surface area contributed by atoms with Crippen LogP contribution in [0.2, 0.25) is 0 Å². The number of benzene rings is 2. The fourth-order valence-corrected chi connectivity index (χ4v) is 1.25. The van der Waals surface area contributed by atoms with E-state index in [0.717, 1.165) is 17.8 Å². The first-order chi connectivity index (χ1) is 13.1. The molecular formula is C20H29NO6S. The van der Waals surface area contributed by atoms with Crippen LogP contribution in [-0.4, -0.2) is 32.4 Å². The Hall–Kier alpha value is -2.58. The zero-order valence-corrected chi connectivity index (χ0v) is 17.7. The molecule has 2 N–H and O–H groups in total. The number of nitro benzene ring substituents is 1. The van der Waals surface area contributed by atoms with Crippen LogP contribution >= 0.6 is 12.0 Å². The highest BCUT2D eigenvalue weighted by Gasteiger charge is 2.07. The smallest absolute Gasteiger partial charge is 0.293 e. The molecule has 2 aromatic rings. The number of hydrogen-bond donors (Lipinski definition) is 2. The Balaban J connectivity index is 0. The molecule has 0 radical (unpaired) electrons. The van der Waals surface area contributed by atoms with Crippen LogP contribution in [0.25, 0.3) is 0 Å². The van der Waals surface area contributed by atoms with Gasteiger partial charge in [0.25, 0.3) is 12.2 Å². The largest absolute Gasteiger partial charge is 0.508 e. The summed E-state index contributed by atoms with van der Waals surface area (Å²) in [5, 5.41) is 18.8. The molecule has 0 saturated carbocycles.